The first-order valence-corrected chi connectivity index (χ1v) is 7.47. The van der Waals surface area contributed by atoms with E-state index >= 15 is 0 Å². The van der Waals surface area contributed by atoms with Gasteiger partial charge in [0, 0.05) is 18.7 Å². The number of ether oxygens (including phenoxy) is 1. The van der Waals surface area contributed by atoms with Gasteiger partial charge in [-0.25, -0.2) is 9.50 Å². The van der Waals surface area contributed by atoms with Gasteiger partial charge in [-0.05, 0) is 37.3 Å². The Balaban J connectivity index is 1.92. The van der Waals surface area contributed by atoms with E-state index in [0.717, 1.165) is 28.3 Å². The molecule has 3 heterocycles. The maximum absolute atomic E-state index is 5.21. The minimum absolute atomic E-state index is 0.499. The number of benzene rings is 1. The van der Waals surface area contributed by atoms with Gasteiger partial charge in [-0.15, -0.1) is 0 Å². The molecule has 0 amide bonds. The van der Waals surface area contributed by atoms with E-state index in [1.165, 1.54) is 0 Å². The van der Waals surface area contributed by atoms with Gasteiger partial charge in [-0.2, -0.15) is 10.1 Å². The van der Waals surface area contributed by atoms with Crippen molar-refractivity contribution >= 4 is 5.65 Å². The van der Waals surface area contributed by atoms with E-state index in [0.29, 0.717) is 17.4 Å². The molecule has 0 N–H and O–H groups in total. The van der Waals surface area contributed by atoms with Crippen LogP contribution in [-0.2, 0) is 0 Å². The number of nitrogens with zero attached hydrogens (tertiary/aromatic N) is 5. The molecule has 4 aromatic rings. The number of aryl methyl sites for hydroxylation is 2. The van der Waals surface area contributed by atoms with Crippen molar-refractivity contribution in [3.05, 3.63) is 48.1 Å². The average Bonchev–Trinajstić information content (AvgIpc) is 3.16. The standard InChI is InChI=1S/C17H15N5O2/c1-10-15(16-19-11(2)24-21-16)17-18-9-8-14(22(17)20-10)12-4-6-13(23-3)7-5-12/h4-9H,1-3H3. The molecule has 0 aliphatic carbocycles. The Labute approximate surface area is 137 Å². The molecular formula is C17H15N5O2. The summed E-state index contributed by atoms with van der Waals surface area (Å²) in [4.78, 5) is 8.76. The molecule has 4 rings (SSSR count). The van der Waals surface area contributed by atoms with Crippen LogP contribution in [0.25, 0.3) is 28.3 Å². The summed E-state index contributed by atoms with van der Waals surface area (Å²) < 4.78 is 12.1. The minimum Gasteiger partial charge on any atom is -0.497 e. The van der Waals surface area contributed by atoms with Crippen LogP contribution in [0.15, 0.2) is 41.1 Å². The molecule has 0 aliphatic rings. The number of methoxy groups -OCH3 is 1. The van der Waals surface area contributed by atoms with E-state index in [1.807, 2.05) is 37.3 Å². The van der Waals surface area contributed by atoms with Crippen LogP contribution in [0.5, 0.6) is 5.75 Å². The van der Waals surface area contributed by atoms with E-state index in [2.05, 4.69) is 20.2 Å². The molecule has 0 aliphatic heterocycles. The van der Waals surface area contributed by atoms with Crippen molar-refractivity contribution < 1.29 is 9.26 Å². The fourth-order valence-corrected chi connectivity index (χ4v) is 2.69. The van der Waals surface area contributed by atoms with Crippen molar-refractivity contribution in [3.63, 3.8) is 0 Å². The van der Waals surface area contributed by atoms with Gasteiger partial charge in [0.2, 0.25) is 11.7 Å². The van der Waals surface area contributed by atoms with Crippen LogP contribution < -0.4 is 4.74 Å². The molecule has 0 fully saturated rings. The normalized spacial score (nSPS) is 11.1. The number of rotatable bonds is 3. The topological polar surface area (TPSA) is 78.3 Å². The Bertz CT molecular complexity index is 1020. The summed E-state index contributed by atoms with van der Waals surface area (Å²) in [6, 6.07) is 9.74. The van der Waals surface area contributed by atoms with Gasteiger partial charge in [0.05, 0.1) is 24.1 Å². The maximum Gasteiger partial charge on any atom is 0.223 e. The molecule has 1 aromatic carbocycles. The minimum atomic E-state index is 0.499. The molecule has 0 radical (unpaired) electrons. The summed E-state index contributed by atoms with van der Waals surface area (Å²) in [6.45, 7) is 3.67. The van der Waals surface area contributed by atoms with Crippen LogP contribution >= 0.6 is 0 Å². The molecule has 3 aromatic heterocycles. The quantitative estimate of drug-likeness (QED) is 0.577. The molecule has 24 heavy (non-hydrogen) atoms. The molecule has 7 heteroatoms. The monoisotopic (exact) mass is 321 g/mol. The highest BCUT2D eigenvalue weighted by atomic mass is 16.5. The number of aromatic nitrogens is 5. The Kier molecular flexibility index (Phi) is 3.26. The number of hydrogen-bond donors (Lipinski definition) is 0. The highest BCUT2D eigenvalue weighted by Gasteiger charge is 2.19. The summed E-state index contributed by atoms with van der Waals surface area (Å²) in [5, 5.41) is 8.62. The van der Waals surface area contributed by atoms with Crippen molar-refractivity contribution in [2.75, 3.05) is 7.11 Å². The Morgan fingerprint density at radius 1 is 1.08 bits per heavy atom. The van der Waals surface area contributed by atoms with E-state index < -0.39 is 0 Å². The molecule has 7 nitrogen and oxygen atoms in total. The van der Waals surface area contributed by atoms with Crippen molar-refractivity contribution in [1.29, 1.82) is 0 Å². The number of fused-ring (bicyclic) bond motifs is 1. The molecule has 0 saturated heterocycles. The SMILES string of the molecule is COc1ccc(-c2ccnc3c(-c4noc(C)n4)c(C)nn23)cc1. The van der Waals surface area contributed by atoms with Crippen LogP contribution in [0.3, 0.4) is 0 Å². The maximum atomic E-state index is 5.21. The summed E-state index contributed by atoms with van der Waals surface area (Å²) >= 11 is 0. The first-order chi connectivity index (χ1) is 11.7. The van der Waals surface area contributed by atoms with Gasteiger partial charge >= 0.3 is 0 Å². The van der Waals surface area contributed by atoms with E-state index in [-0.39, 0.29) is 0 Å². The van der Waals surface area contributed by atoms with Crippen LogP contribution in [0, 0.1) is 13.8 Å². The zero-order chi connectivity index (χ0) is 16.7. The van der Waals surface area contributed by atoms with E-state index in [9.17, 15) is 0 Å². The zero-order valence-electron chi connectivity index (χ0n) is 13.5. The molecule has 0 atom stereocenters. The predicted molar refractivity (Wildman–Crippen MR) is 87.7 cm³/mol. The second-order valence-electron chi connectivity index (χ2n) is 5.39. The largest absolute Gasteiger partial charge is 0.497 e. The summed E-state index contributed by atoms with van der Waals surface area (Å²) in [5.74, 6) is 1.82. The molecular weight excluding hydrogens is 306 g/mol. The van der Waals surface area contributed by atoms with Crippen LogP contribution in [0.2, 0.25) is 0 Å². The van der Waals surface area contributed by atoms with Gasteiger partial charge in [0.25, 0.3) is 0 Å². The average molecular weight is 321 g/mol. The first kappa shape index (κ1) is 14.4. The molecule has 0 unspecified atom stereocenters. The van der Waals surface area contributed by atoms with Crippen LogP contribution in [0.4, 0.5) is 0 Å². The zero-order valence-corrected chi connectivity index (χ0v) is 13.5. The van der Waals surface area contributed by atoms with E-state index in [1.54, 1.807) is 24.7 Å². The summed E-state index contributed by atoms with van der Waals surface area (Å²) in [6.07, 6.45) is 1.76. The molecule has 120 valence electrons. The predicted octanol–water partition coefficient (Wildman–Crippen LogP) is 3.07. The van der Waals surface area contributed by atoms with Gasteiger partial charge in [-0.1, -0.05) is 5.16 Å². The Morgan fingerprint density at radius 2 is 1.88 bits per heavy atom. The number of hydrogen-bond acceptors (Lipinski definition) is 6. The van der Waals surface area contributed by atoms with Gasteiger partial charge in [0.1, 0.15) is 5.75 Å². The van der Waals surface area contributed by atoms with Crippen LogP contribution in [0.1, 0.15) is 11.6 Å². The van der Waals surface area contributed by atoms with Gasteiger partial charge in [-0.3, -0.25) is 0 Å². The molecule has 0 spiro atoms. The Morgan fingerprint density at radius 3 is 2.54 bits per heavy atom. The molecule has 0 bridgehead atoms. The van der Waals surface area contributed by atoms with Crippen molar-refractivity contribution in [2.24, 2.45) is 0 Å². The van der Waals surface area contributed by atoms with Crippen molar-refractivity contribution in [1.82, 2.24) is 24.7 Å². The lowest BCUT2D eigenvalue weighted by atomic mass is 10.1. The highest BCUT2D eigenvalue weighted by molar-refractivity contribution is 5.77. The fraction of sp³-hybridized carbons (Fsp3) is 0.176. The van der Waals surface area contributed by atoms with Gasteiger partial charge in [0.15, 0.2) is 5.65 Å². The second-order valence-corrected chi connectivity index (χ2v) is 5.39. The first-order valence-electron chi connectivity index (χ1n) is 7.47. The van der Waals surface area contributed by atoms with Crippen molar-refractivity contribution in [3.8, 4) is 28.4 Å². The summed E-state index contributed by atoms with van der Waals surface area (Å²) in [5.41, 5.74) is 4.21. The third kappa shape index (κ3) is 2.21. The third-order valence-corrected chi connectivity index (χ3v) is 3.83. The van der Waals surface area contributed by atoms with Gasteiger partial charge < -0.3 is 9.26 Å². The highest BCUT2D eigenvalue weighted by Crippen LogP contribution is 2.28. The lowest BCUT2D eigenvalue weighted by Gasteiger charge is -2.06. The third-order valence-electron chi connectivity index (χ3n) is 3.83. The Hall–Kier alpha value is -3.22. The van der Waals surface area contributed by atoms with Crippen LogP contribution in [-0.4, -0.2) is 31.8 Å². The lowest BCUT2D eigenvalue weighted by Crippen LogP contribution is -1.96. The van der Waals surface area contributed by atoms with Crippen molar-refractivity contribution in [2.45, 2.75) is 13.8 Å². The lowest BCUT2D eigenvalue weighted by molar-refractivity contribution is 0.394. The summed E-state index contributed by atoms with van der Waals surface area (Å²) in [7, 11) is 1.65. The second kappa shape index (κ2) is 5.45. The molecule has 0 saturated carbocycles. The van der Waals surface area contributed by atoms with E-state index in [4.69, 9.17) is 9.26 Å². The fourth-order valence-electron chi connectivity index (χ4n) is 2.69. The smallest absolute Gasteiger partial charge is 0.223 e.